The highest BCUT2D eigenvalue weighted by Gasteiger charge is 2.10. The number of hydrogen-bond donors (Lipinski definition) is 2. The van der Waals surface area contributed by atoms with Crippen molar-refractivity contribution < 1.29 is 9.53 Å². The molecule has 0 fully saturated rings. The molecule has 0 saturated carbocycles. The van der Waals surface area contributed by atoms with Crippen molar-refractivity contribution in [3.8, 4) is 0 Å². The van der Waals surface area contributed by atoms with Crippen LogP contribution in [0, 0.1) is 0 Å². The summed E-state index contributed by atoms with van der Waals surface area (Å²) in [6.45, 7) is 2.16. The number of nitrogens with one attached hydrogen (secondary N) is 1. The molecule has 92 valence electrons. The molecule has 0 saturated heterocycles. The monoisotopic (exact) mass is 252 g/mol. The first-order chi connectivity index (χ1) is 8.04. The number of carbonyl (C=O) groups excluding carboxylic acids is 1. The van der Waals surface area contributed by atoms with E-state index in [1.807, 2.05) is 24.3 Å². The SMILES string of the molecule is COC(C)C(=O)NCc1ccc(C(N)=S)cc1. The number of rotatable bonds is 5. The van der Waals surface area contributed by atoms with E-state index in [1.54, 1.807) is 6.92 Å². The fourth-order valence-corrected chi connectivity index (χ4v) is 1.36. The molecule has 0 bridgehead atoms. The topological polar surface area (TPSA) is 64.3 Å². The van der Waals surface area contributed by atoms with Gasteiger partial charge in [-0.05, 0) is 12.5 Å². The largest absolute Gasteiger partial charge is 0.389 e. The van der Waals surface area contributed by atoms with E-state index in [2.05, 4.69) is 5.32 Å². The number of benzene rings is 1. The lowest BCUT2D eigenvalue weighted by atomic mass is 10.1. The number of nitrogens with two attached hydrogens (primary N) is 1. The van der Waals surface area contributed by atoms with E-state index in [1.165, 1.54) is 7.11 Å². The van der Waals surface area contributed by atoms with Crippen LogP contribution in [0.5, 0.6) is 0 Å². The molecule has 1 aromatic carbocycles. The van der Waals surface area contributed by atoms with Gasteiger partial charge in [-0.1, -0.05) is 36.5 Å². The zero-order chi connectivity index (χ0) is 12.8. The molecule has 0 aliphatic carbocycles. The zero-order valence-electron chi connectivity index (χ0n) is 9.90. The van der Waals surface area contributed by atoms with Crippen LogP contribution in [0.3, 0.4) is 0 Å². The summed E-state index contributed by atoms with van der Waals surface area (Å²) in [6.07, 6.45) is -0.439. The first-order valence-corrected chi connectivity index (χ1v) is 5.64. The second-order valence-electron chi connectivity index (χ2n) is 3.66. The van der Waals surface area contributed by atoms with Crippen LogP contribution in [0.2, 0.25) is 0 Å². The van der Waals surface area contributed by atoms with Gasteiger partial charge in [0.25, 0.3) is 0 Å². The highest BCUT2D eigenvalue weighted by atomic mass is 32.1. The van der Waals surface area contributed by atoms with E-state index in [0.29, 0.717) is 11.5 Å². The van der Waals surface area contributed by atoms with Crippen molar-refractivity contribution in [2.24, 2.45) is 5.73 Å². The molecule has 1 rings (SSSR count). The number of carbonyl (C=O) groups is 1. The van der Waals surface area contributed by atoms with Crippen LogP contribution < -0.4 is 11.1 Å². The van der Waals surface area contributed by atoms with Crippen LogP contribution in [0.15, 0.2) is 24.3 Å². The fourth-order valence-electron chi connectivity index (χ4n) is 1.23. The van der Waals surface area contributed by atoms with E-state index in [0.717, 1.165) is 11.1 Å². The van der Waals surface area contributed by atoms with Crippen molar-refractivity contribution in [1.82, 2.24) is 5.32 Å². The maximum atomic E-state index is 11.4. The van der Waals surface area contributed by atoms with Gasteiger partial charge in [0.15, 0.2) is 0 Å². The van der Waals surface area contributed by atoms with E-state index in [-0.39, 0.29) is 5.91 Å². The predicted octanol–water partition coefficient (Wildman–Crippen LogP) is 0.972. The first kappa shape index (κ1) is 13.6. The number of methoxy groups -OCH3 is 1. The van der Waals surface area contributed by atoms with E-state index in [4.69, 9.17) is 22.7 Å². The van der Waals surface area contributed by atoms with Crippen LogP contribution in [-0.2, 0) is 16.1 Å². The molecule has 17 heavy (non-hydrogen) atoms. The van der Waals surface area contributed by atoms with Crippen LogP contribution in [0.1, 0.15) is 18.1 Å². The van der Waals surface area contributed by atoms with Gasteiger partial charge in [-0.25, -0.2) is 0 Å². The first-order valence-electron chi connectivity index (χ1n) is 5.24. The molecule has 0 spiro atoms. The lowest BCUT2D eigenvalue weighted by Gasteiger charge is -2.10. The minimum Gasteiger partial charge on any atom is -0.389 e. The summed E-state index contributed by atoms with van der Waals surface area (Å²) < 4.78 is 4.91. The van der Waals surface area contributed by atoms with E-state index in [9.17, 15) is 4.79 Å². The van der Waals surface area contributed by atoms with Gasteiger partial charge in [-0.15, -0.1) is 0 Å². The third kappa shape index (κ3) is 4.13. The molecule has 1 atom stereocenters. The molecule has 4 nitrogen and oxygen atoms in total. The molecule has 1 amide bonds. The average Bonchev–Trinajstić information content (AvgIpc) is 2.35. The smallest absolute Gasteiger partial charge is 0.249 e. The fraction of sp³-hybridized carbons (Fsp3) is 0.333. The van der Waals surface area contributed by atoms with Gasteiger partial charge in [0.05, 0.1) is 0 Å². The number of amides is 1. The molecular weight excluding hydrogens is 236 g/mol. The molecule has 3 N–H and O–H groups in total. The lowest BCUT2D eigenvalue weighted by Crippen LogP contribution is -2.33. The molecule has 1 aromatic rings. The highest BCUT2D eigenvalue weighted by Crippen LogP contribution is 2.04. The highest BCUT2D eigenvalue weighted by molar-refractivity contribution is 7.80. The maximum Gasteiger partial charge on any atom is 0.249 e. The summed E-state index contributed by atoms with van der Waals surface area (Å²) in [7, 11) is 1.50. The van der Waals surface area contributed by atoms with Crippen molar-refractivity contribution >= 4 is 23.1 Å². The third-order valence-electron chi connectivity index (χ3n) is 2.43. The Labute approximate surface area is 106 Å². The Bertz CT molecular complexity index is 403. The number of thiocarbonyl (C=S) groups is 1. The van der Waals surface area contributed by atoms with Gasteiger partial charge in [-0.3, -0.25) is 4.79 Å². The molecule has 1 unspecified atom stereocenters. The minimum atomic E-state index is -0.439. The van der Waals surface area contributed by atoms with Crippen molar-refractivity contribution in [3.63, 3.8) is 0 Å². The summed E-state index contributed by atoms with van der Waals surface area (Å²) in [5.41, 5.74) is 7.30. The van der Waals surface area contributed by atoms with Gasteiger partial charge in [0, 0.05) is 19.2 Å². The van der Waals surface area contributed by atoms with Crippen LogP contribution in [0.4, 0.5) is 0 Å². The van der Waals surface area contributed by atoms with Crippen LogP contribution >= 0.6 is 12.2 Å². The molecular formula is C12H16N2O2S. The Kier molecular flexibility index (Phi) is 5.06. The van der Waals surface area contributed by atoms with Gasteiger partial charge in [0.2, 0.25) is 5.91 Å². The zero-order valence-corrected chi connectivity index (χ0v) is 10.7. The van der Waals surface area contributed by atoms with Crippen molar-refractivity contribution in [2.45, 2.75) is 19.6 Å². The van der Waals surface area contributed by atoms with Crippen molar-refractivity contribution in [1.29, 1.82) is 0 Å². The second-order valence-corrected chi connectivity index (χ2v) is 4.10. The van der Waals surface area contributed by atoms with E-state index < -0.39 is 6.10 Å². The molecule has 0 radical (unpaired) electrons. The summed E-state index contributed by atoms with van der Waals surface area (Å²) in [5, 5.41) is 2.77. The standard InChI is InChI=1S/C12H16N2O2S/c1-8(16-2)12(15)14-7-9-3-5-10(6-4-9)11(13)17/h3-6,8H,7H2,1-2H3,(H2,13,17)(H,14,15). The molecule has 5 heteroatoms. The van der Waals surface area contributed by atoms with Gasteiger partial charge < -0.3 is 15.8 Å². The Morgan fingerprint density at radius 1 is 1.47 bits per heavy atom. The van der Waals surface area contributed by atoms with Crippen molar-refractivity contribution in [2.75, 3.05) is 7.11 Å². The van der Waals surface area contributed by atoms with Crippen molar-refractivity contribution in [3.05, 3.63) is 35.4 Å². The quantitative estimate of drug-likeness (QED) is 0.767. The maximum absolute atomic E-state index is 11.4. The van der Waals surface area contributed by atoms with Gasteiger partial charge in [-0.2, -0.15) is 0 Å². The summed E-state index contributed by atoms with van der Waals surface area (Å²) in [6, 6.07) is 7.44. The normalized spacial score (nSPS) is 11.9. The van der Waals surface area contributed by atoms with Gasteiger partial charge in [0.1, 0.15) is 11.1 Å². The third-order valence-corrected chi connectivity index (χ3v) is 2.66. The lowest BCUT2D eigenvalue weighted by molar-refractivity contribution is -0.130. The summed E-state index contributed by atoms with van der Waals surface area (Å²) in [4.78, 5) is 11.8. The van der Waals surface area contributed by atoms with E-state index >= 15 is 0 Å². The van der Waals surface area contributed by atoms with Crippen LogP contribution in [-0.4, -0.2) is 24.1 Å². The Hall–Kier alpha value is -1.46. The Morgan fingerprint density at radius 3 is 2.53 bits per heavy atom. The number of ether oxygens (including phenoxy) is 1. The summed E-state index contributed by atoms with van der Waals surface area (Å²) in [5.74, 6) is -0.133. The molecule has 0 aliphatic heterocycles. The second kappa shape index (κ2) is 6.32. The number of hydrogen-bond acceptors (Lipinski definition) is 3. The molecule has 0 aliphatic rings. The Morgan fingerprint density at radius 2 is 2.06 bits per heavy atom. The minimum absolute atomic E-state index is 0.133. The molecule has 0 aromatic heterocycles. The average molecular weight is 252 g/mol. The van der Waals surface area contributed by atoms with Crippen LogP contribution in [0.25, 0.3) is 0 Å². The summed E-state index contributed by atoms with van der Waals surface area (Å²) >= 11 is 4.85. The van der Waals surface area contributed by atoms with Gasteiger partial charge >= 0.3 is 0 Å². The molecule has 0 heterocycles. The Balaban J connectivity index is 2.53. The predicted molar refractivity (Wildman–Crippen MR) is 70.6 cm³/mol.